The Morgan fingerprint density at radius 2 is 2.18 bits per heavy atom. The smallest absolute Gasteiger partial charge is 0.330 e. The van der Waals surface area contributed by atoms with Crippen molar-refractivity contribution in [3.05, 3.63) is 36.7 Å². The Morgan fingerprint density at radius 1 is 1.36 bits per heavy atom. The van der Waals surface area contributed by atoms with E-state index in [-0.39, 0.29) is 5.97 Å². The molecule has 0 radical (unpaired) electrons. The molecule has 28 heavy (non-hydrogen) atoms. The molecule has 144 valence electrons. The number of nitrogen functional groups attached to an aromatic ring is 1. The second-order valence-corrected chi connectivity index (χ2v) is 8.28. The Bertz CT molecular complexity index is 1190. The van der Waals surface area contributed by atoms with Crippen LogP contribution in [0, 0.1) is 0 Å². The maximum atomic E-state index is 12.1. The van der Waals surface area contributed by atoms with Gasteiger partial charge in [-0.25, -0.2) is 14.2 Å². The van der Waals surface area contributed by atoms with Crippen LogP contribution in [0.3, 0.4) is 0 Å². The van der Waals surface area contributed by atoms with E-state index in [4.69, 9.17) is 10.5 Å². The molecule has 4 aromatic rings. The van der Waals surface area contributed by atoms with E-state index in [1.165, 1.54) is 0 Å². The van der Waals surface area contributed by atoms with Crippen LogP contribution in [0.25, 0.3) is 33.1 Å². The van der Waals surface area contributed by atoms with Gasteiger partial charge in [-0.3, -0.25) is 4.68 Å². The highest BCUT2D eigenvalue weighted by Crippen LogP contribution is 2.34. The molecule has 0 aliphatic rings. The lowest BCUT2D eigenvalue weighted by Crippen LogP contribution is -2.19. The van der Waals surface area contributed by atoms with Crippen molar-refractivity contribution in [3.63, 3.8) is 0 Å². The normalized spacial score (nSPS) is 13.0. The van der Waals surface area contributed by atoms with E-state index >= 15 is 0 Å². The van der Waals surface area contributed by atoms with Crippen LogP contribution in [-0.4, -0.2) is 36.9 Å². The third-order valence-electron chi connectivity index (χ3n) is 4.54. The van der Waals surface area contributed by atoms with Crippen molar-refractivity contribution >= 4 is 62.0 Å². The number of hydrogen-bond acceptors (Lipinski definition) is 6. The molecule has 2 N–H and O–H groups in total. The summed E-state index contributed by atoms with van der Waals surface area (Å²) in [5.74, 6) is 0.0487. The number of benzene rings is 1. The van der Waals surface area contributed by atoms with Gasteiger partial charge in [-0.05, 0) is 54.1 Å². The molecule has 0 fully saturated rings. The quantitative estimate of drug-likeness (QED) is 0.249. The molecule has 10 heteroatoms. The van der Waals surface area contributed by atoms with Gasteiger partial charge in [-0.1, -0.05) is 6.07 Å². The van der Waals surface area contributed by atoms with Crippen molar-refractivity contribution in [2.45, 2.75) is 19.9 Å². The zero-order valence-electron chi connectivity index (χ0n) is 15.3. The van der Waals surface area contributed by atoms with Crippen molar-refractivity contribution in [1.29, 1.82) is 0 Å². The molecule has 4 rings (SSSR count). The van der Waals surface area contributed by atoms with Crippen LogP contribution in [0.4, 0.5) is 5.82 Å². The fraction of sp³-hybridized carbons (Fsp3) is 0.222. The summed E-state index contributed by atoms with van der Waals surface area (Å²) in [7, 11) is 0. The van der Waals surface area contributed by atoms with Gasteiger partial charge in [0.15, 0.2) is 0 Å². The minimum atomic E-state index is -0.542. The van der Waals surface area contributed by atoms with E-state index in [1.54, 1.807) is 30.9 Å². The molecule has 2 unspecified atom stereocenters. The number of halogens is 1. The highest BCUT2D eigenvalue weighted by molar-refractivity contribution is 14.2. The molecule has 0 bridgehead atoms. The SMILES string of the molecule is CCOC(=O)C(C)n1cc2c(N)nc3cc(-c4ccnn4PI)ccc3c2n1. The standard InChI is InChI=1S/C18H18IN6O2P/c1-3-27-18(26)10(2)24-9-13-16(23-24)12-5-4-11(8-14(12)22-17(13)20)15-6-7-21-25(15)28-19/h4-10,28H,3H2,1-2H3,(H2,20,22). The highest BCUT2D eigenvalue weighted by Gasteiger charge is 2.20. The predicted molar refractivity (Wildman–Crippen MR) is 120 cm³/mol. The number of aromatic nitrogens is 5. The fourth-order valence-corrected chi connectivity index (χ4v) is 4.67. The van der Waals surface area contributed by atoms with Crippen molar-refractivity contribution in [1.82, 2.24) is 24.3 Å². The van der Waals surface area contributed by atoms with Crippen molar-refractivity contribution < 1.29 is 9.53 Å². The van der Waals surface area contributed by atoms with E-state index in [0.717, 1.165) is 33.1 Å². The average Bonchev–Trinajstić information content (AvgIpc) is 3.34. The van der Waals surface area contributed by atoms with Crippen molar-refractivity contribution in [3.8, 4) is 11.3 Å². The van der Waals surface area contributed by atoms with Crippen LogP contribution in [0.2, 0.25) is 0 Å². The number of esters is 1. The molecule has 3 aromatic heterocycles. The topological polar surface area (TPSA) is 101 Å². The Kier molecular flexibility index (Phi) is 5.20. The largest absolute Gasteiger partial charge is 0.464 e. The van der Waals surface area contributed by atoms with Crippen molar-refractivity contribution in [2.24, 2.45) is 0 Å². The molecular formula is C18H18IN6O2P. The zero-order chi connectivity index (χ0) is 19.8. The lowest BCUT2D eigenvalue weighted by molar-refractivity contribution is -0.146. The van der Waals surface area contributed by atoms with E-state index in [2.05, 4.69) is 37.2 Å². The number of carbonyl (C=O) groups is 1. The molecular weight excluding hydrogens is 490 g/mol. The Labute approximate surface area is 175 Å². The number of fused-ring (bicyclic) bond motifs is 3. The Morgan fingerprint density at radius 3 is 2.93 bits per heavy atom. The Hall–Kier alpha value is -2.26. The summed E-state index contributed by atoms with van der Waals surface area (Å²) in [5, 5.41) is 10.5. The molecule has 0 spiro atoms. The van der Waals surface area contributed by atoms with E-state index in [0.29, 0.717) is 18.8 Å². The third kappa shape index (κ3) is 3.22. The van der Waals surface area contributed by atoms with Gasteiger partial charge in [0.2, 0.25) is 0 Å². The maximum absolute atomic E-state index is 12.1. The fourth-order valence-electron chi connectivity index (χ4n) is 3.11. The van der Waals surface area contributed by atoms with Gasteiger partial charge in [0.25, 0.3) is 0 Å². The molecule has 1 aromatic carbocycles. The first kappa shape index (κ1) is 19.1. The molecule has 0 saturated carbocycles. The Balaban J connectivity index is 1.84. The minimum absolute atomic E-state index is 0.327. The summed E-state index contributed by atoms with van der Waals surface area (Å²) in [6, 6.07) is 7.44. The average molecular weight is 508 g/mol. The maximum Gasteiger partial charge on any atom is 0.330 e. The number of pyridine rings is 1. The molecule has 0 amide bonds. The number of nitrogens with two attached hydrogens (primary N) is 1. The second-order valence-electron chi connectivity index (χ2n) is 6.24. The summed E-state index contributed by atoms with van der Waals surface area (Å²) in [4.78, 5) is 16.6. The second kappa shape index (κ2) is 7.63. The highest BCUT2D eigenvalue weighted by atomic mass is 127. The lowest BCUT2D eigenvalue weighted by atomic mass is 10.1. The molecule has 0 aliphatic carbocycles. The summed E-state index contributed by atoms with van der Waals surface area (Å²) in [6.07, 6.45) is 4.04. The molecule has 0 saturated heterocycles. The summed E-state index contributed by atoms with van der Waals surface area (Å²) < 4.78 is 8.62. The first-order chi connectivity index (χ1) is 13.5. The van der Waals surface area contributed by atoms with E-state index in [9.17, 15) is 4.79 Å². The van der Waals surface area contributed by atoms with Gasteiger partial charge in [0, 0.05) is 23.3 Å². The van der Waals surface area contributed by atoms with E-state index in [1.807, 2.05) is 28.7 Å². The molecule has 8 nitrogen and oxygen atoms in total. The van der Waals surface area contributed by atoms with Crippen LogP contribution in [0.15, 0.2) is 36.7 Å². The first-order valence-electron chi connectivity index (χ1n) is 8.69. The molecule has 0 aliphatic heterocycles. The monoisotopic (exact) mass is 508 g/mol. The number of hydrogen-bond donors (Lipinski definition) is 1. The van der Waals surface area contributed by atoms with Crippen LogP contribution < -0.4 is 5.73 Å². The number of carbonyl (C=O) groups excluding carboxylic acids is 1. The molecule has 3 heterocycles. The lowest BCUT2D eigenvalue weighted by Gasteiger charge is -2.10. The third-order valence-corrected chi connectivity index (χ3v) is 6.43. The van der Waals surface area contributed by atoms with Crippen LogP contribution in [0.5, 0.6) is 0 Å². The van der Waals surface area contributed by atoms with Gasteiger partial charge >= 0.3 is 5.97 Å². The van der Waals surface area contributed by atoms with Gasteiger partial charge in [-0.15, -0.1) is 0 Å². The number of ether oxygens (including phenoxy) is 1. The van der Waals surface area contributed by atoms with Gasteiger partial charge in [0.05, 0.1) is 29.6 Å². The summed E-state index contributed by atoms with van der Waals surface area (Å²) in [6.45, 7) is 3.86. The summed E-state index contributed by atoms with van der Waals surface area (Å²) in [5.41, 5.74) is 9.70. The van der Waals surface area contributed by atoms with Crippen LogP contribution >= 0.6 is 28.4 Å². The minimum Gasteiger partial charge on any atom is -0.464 e. The van der Waals surface area contributed by atoms with Crippen LogP contribution in [0.1, 0.15) is 19.9 Å². The number of rotatable bonds is 5. The van der Waals surface area contributed by atoms with Crippen molar-refractivity contribution in [2.75, 3.05) is 12.3 Å². The van der Waals surface area contributed by atoms with Gasteiger partial charge < -0.3 is 10.5 Å². The summed E-state index contributed by atoms with van der Waals surface area (Å²) >= 11 is 2.30. The van der Waals surface area contributed by atoms with E-state index < -0.39 is 6.04 Å². The first-order valence-corrected chi connectivity index (χ1v) is 12.8. The van der Waals surface area contributed by atoms with Gasteiger partial charge in [-0.2, -0.15) is 10.2 Å². The van der Waals surface area contributed by atoms with Gasteiger partial charge in [0.1, 0.15) is 17.4 Å². The zero-order valence-corrected chi connectivity index (χ0v) is 18.4. The predicted octanol–water partition coefficient (Wildman–Crippen LogP) is 3.95. The number of anilines is 1. The number of nitrogens with zero attached hydrogens (tertiary/aromatic N) is 5. The molecule has 2 atom stereocenters. The van der Waals surface area contributed by atoms with Crippen LogP contribution in [-0.2, 0) is 9.53 Å².